The average molecular weight is 195 g/mol. The van der Waals surface area contributed by atoms with Crippen molar-refractivity contribution in [1.82, 2.24) is 14.9 Å². The highest BCUT2D eigenvalue weighted by molar-refractivity contribution is 5.67. The lowest BCUT2D eigenvalue weighted by Crippen LogP contribution is -2.40. The molecule has 1 aliphatic rings. The van der Waals surface area contributed by atoms with E-state index in [1.54, 1.807) is 0 Å². The summed E-state index contributed by atoms with van der Waals surface area (Å²) in [5.74, 6) is 0.195. The molecule has 1 unspecified atom stereocenters. The fourth-order valence-corrected chi connectivity index (χ4v) is 1.79. The molecule has 0 spiro atoms. The van der Waals surface area contributed by atoms with Crippen molar-refractivity contribution in [3.8, 4) is 0 Å². The van der Waals surface area contributed by atoms with Crippen LogP contribution in [0.5, 0.6) is 0 Å². The standard InChI is InChI=1S/C9H13N3O2/c1-6-10-3-8-4-11-7(2-9(13)14)5-12(6)8/h3,7,11H,2,4-5H2,1H3,(H,13,14). The maximum atomic E-state index is 10.5. The Hall–Kier alpha value is -1.36. The van der Waals surface area contributed by atoms with E-state index in [1.165, 1.54) is 0 Å². The molecule has 0 fully saturated rings. The summed E-state index contributed by atoms with van der Waals surface area (Å²) in [7, 11) is 0. The van der Waals surface area contributed by atoms with Crippen LogP contribution >= 0.6 is 0 Å². The molecular weight excluding hydrogens is 182 g/mol. The third-order valence-corrected chi connectivity index (χ3v) is 2.53. The second kappa shape index (κ2) is 3.42. The molecule has 0 aromatic carbocycles. The van der Waals surface area contributed by atoms with Gasteiger partial charge in [-0.3, -0.25) is 4.79 Å². The van der Waals surface area contributed by atoms with Crippen molar-refractivity contribution in [3.05, 3.63) is 17.7 Å². The van der Waals surface area contributed by atoms with Crippen LogP contribution in [0.15, 0.2) is 6.20 Å². The number of nitrogens with one attached hydrogen (secondary N) is 1. The molecule has 1 aromatic rings. The van der Waals surface area contributed by atoms with E-state index in [1.807, 2.05) is 13.1 Å². The van der Waals surface area contributed by atoms with Crippen LogP contribution in [0.3, 0.4) is 0 Å². The van der Waals surface area contributed by atoms with E-state index in [4.69, 9.17) is 5.11 Å². The van der Waals surface area contributed by atoms with Crippen LogP contribution in [0.1, 0.15) is 17.9 Å². The summed E-state index contributed by atoms with van der Waals surface area (Å²) in [4.78, 5) is 14.7. The summed E-state index contributed by atoms with van der Waals surface area (Å²) in [6, 6.07) is 0.0212. The zero-order valence-electron chi connectivity index (χ0n) is 8.03. The first-order valence-corrected chi connectivity index (χ1v) is 4.63. The van der Waals surface area contributed by atoms with Crippen LogP contribution in [0.2, 0.25) is 0 Å². The molecular formula is C9H13N3O2. The fraction of sp³-hybridized carbons (Fsp3) is 0.556. The molecule has 2 rings (SSSR count). The van der Waals surface area contributed by atoms with Gasteiger partial charge in [-0.2, -0.15) is 0 Å². The normalized spacial score (nSPS) is 20.5. The minimum absolute atomic E-state index is 0.0212. The van der Waals surface area contributed by atoms with Gasteiger partial charge in [0.15, 0.2) is 0 Å². The number of aromatic nitrogens is 2. The molecule has 76 valence electrons. The number of aryl methyl sites for hydroxylation is 1. The molecule has 5 heteroatoms. The van der Waals surface area contributed by atoms with E-state index in [-0.39, 0.29) is 12.5 Å². The predicted molar refractivity (Wildman–Crippen MR) is 49.8 cm³/mol. The maximum absolute atomic E-state index is 10.5. The Bertz CT molecular complexity index is 359. The molecule has 0 aliphatic carbocycles. The SMILES string of the molecule is Cc1ncc2n1CC(CC(=O)O)NC2. The highest BCUT2D eigenvalue weighted by Crippen LogP contribution is 2.12. The second-order valence-electron chi connectivity index (χ2n) is 3.58. The van der Waals surface area contributed by atoms with Gasteiger partial charge in [-0.15, -0.1) is 0 Å². The van der Waals surface area contributed by atoms with Gasteiger partial charge in [0, 0.05) is 25.3 Å². The van der Waals surface area contributed by atoms with E-state index in [0.717, 1.165) is 11.5 Å². The van der Waals surface area contributed by atoms with Gasteiger partial charge in [0.05, 0.1) is 12.1 Å². The Kier molecular flexibility index (Phi) is 2.25. The largest absolute Gasteiger partial charge is 0.481 e. The third-order valence-electron chi connectivity index (χ3n) is 2.53. The Morgan fingerprint density at radius 3 is 3.36 bits per heavy atom. The molecule has 0 saturated carbocycles. The van der Waals surface area contributed by atoms with Crippen molar-refractivity contribution in [2.24, 2.45) is 0 Å². The number of hydrogen-bond acceptors (Lipinski definition) is 3. The lowest BCUT2D eigenvalue weighted by Gasteiger charge is -2.25. The molecule has 2 N–H and O–H groups in total. The highest BCUT2D eigenvalue weighted by atomic mass is 16.4. The number of carboxylic acids is 1. The zero-order chi connectivity index (χ0) is 10.1. The van der Waals surface area contributed by atoms with Gasteiger partial charge < -0.3 is 15.0 Å². The summed E-state index contributed by atoms with van der Waals surface area (Å²) >= 11 is 0. The highest BCUT2D eigenvalue weighted by Gasteiger charge is 2.21. The molecule has 0 radical (unpaired) electrons. The second-order valence-corrected chi connectivity index (χ2v) is 3.58. The first kappa shape index (κ1) is 9.21. The molecule has 0 amide bonds. The molecule has 5 nitrogen and oxygen atoms in total. The quantitative estimate of drug-likeness (QED) is 0.704. The van der Waals surface area contributed by atoms with Gasteiger partial charge in [0.25, 0.3) is 0 Å². The number of aliphatic carboxylic acids is 1. The van der Waals surface area contributed by atoms with Gasteiger partial charge in [-0.05, 0) is 6.92 Å². The third kappa shape index (κ3) is 1.63. The summed E-state index contributed by atoms with van der Waals surface area (Å²) in [5, 5.41) is 11.8. The smallest absolute Gasteiger partial charge is 0.304 e. The molecule has 0 bridgehead atoms. The molecule has 1 atom stereocenters. The van der Waals surface area contributed by atoms with Crippen LogP contribution in [-0.4, -0.2) is 26.7 Å². The van der Waals surface area contributed by atoms with Crippen molar-refractivity contribution < 1.29 is 9.90 Å². The van der Waals surface area contributed by atoms with Crippen molar-refractivity contribution in [3.63, 3.8) is 0 Å². The van der Waals surface area contributed by atoms with Crippen molar-refractivity contribution >= 4 is 5.97 Å². The molecule has 1 aliphatic heterocycles. The number of nitrogens with zero attached hydrogens (tertiary/aromatic N) is 2. The van der Waals surface area contributed by atoms with E-state index in [9.17, 15) is 4.79 Å². The molecule has 0 saturated heterocycles. The van der Waals surface area contributed by atoms with Crippen LogP contribution in [0.4, 0.5) is 0 Å². The number of imidazole rings is 1. The Labute approximate surface area is 81.8 Å². The predicted octanol–water partition coefficient (Wildman–Crippen LogP) is 0.138. The molecule has 14 heavy (non-hydrogen) atoms. The fourth-order valence-electron chi connectivity index (χ4n) is 1.79. The Morgan fingerprint density at radius 1 is 1.86 bits per heavy atom. The summed E-state index contributed by atoms with van der Waals surface area (Å²) in [6.45, 7) is 3.35. The van der Waals surface area contributed by atoms with Crippen LogP contribution in [-0.2, 0) is 17.9 Å². The molecule has 1 aromatic heterocycles. The van der Waals surface area contributed by atoms with E-state index < -0.39 is 5.97 Å². The lowest BCUT2D eigenvalue weighted by molar-refractivity contribution is -0.137. The summed E-state index contributed by atoms with van der Waals surface area (Å²) < 4.78 is 2.07. The topological polar surface area (TPSA) is 67.2 Å². The van der Waals surface area contributed by atoms with E-state index in [0.29, 0.717) is 13.1 Å². The van der Waals surface area contributed by atoms with Gasteiger partial charge in [0.2, 0.25) is 0 Å². The van der Waals surface area contributed by atoms with Gasteiger partial charge in [-0.25, -0.2) is 4.98 Å². The first-order chi connectivity index (χ1) is 6.66. The lowest BCUT2D eigenvalue weighted by atomic mass is 10.1. The van der Waals surface area contributed by atoms with Crippen LogP contribution < -0.4 is 5.32 Å². The van der Waals surface area contributed by atoms with Crippen molar-refractivity contribution in [2.45, 2.75) is 32.5 Å². The summed E-state index contributed by atoms with van der Waals surface area (Å²) in [6.07, 6.45) is 2.00. The number of hydrogen-bond donors (Lipinski definition) is 2. The number of carboxylic acid groups (broad SMARTS) is 1. The van der Waals surface area contributed by atoms with E-state index in [2.05, 4.69) is 14.9 Å². The van der Waals surface area contributed by atoms with E-state index >= 15 is 0 Å². The number of fused-ring (bicyclic) bond motifs is 1. The minimum atomic E-state index is -0.760. The van der Waals surface area contributed by atoms with Gasteiger partial charge >= 0.3 is 5.97 Å². The van der Waals surface area contributed by atoms with Crippen LogP contribution in [0.25, 0.3) is 0 Å². The van der Waals surface area contributed by atoms with Gasteiger partial charge in [0.1, 0.15) is 5.82 Å². The Morgan fingerprint density at radius 2 is 2.64 bits per heavy atom. The van der Waals surface area contributed by atoms with Gasteiger partial charge in [-0.1, -0.05) is 0 Å². The monoisotopic (exact) mass is 195 g/mol. The maximum Gasteiger partial charge on any atom is 0.304 e. The minimum Gasteiger partial charge on any atom is -0.481 e. The average Bonchev–Trinajstić information content (AvgIpc) is 2.47. The Balaban J connectivity index is 2.12. The van der Waals surface area contributed by atoms with Crippen LogP contribution in [0, 0.1) is 6.92 Å². The summed E-state index contributed by atoms with van der Waals surface area (Å²) in [5.41, 5.74) is 1.13. The van der Waals surface area contributed by atoms with Crippen molar-refractivity contribution in [1.29, 1.82) is 0 Å². The number of rotatable bonds is 2. The number of carbonyl (C=O) groups is 1. The first-order valence-electron chi connectivity index (χ1n) is 4.63. The molecule has 2 heterocycles. The zero-order valence-corrected chi connectivity index (χ0v) is 8.03. The van der Waals surface area contributed by atoms with Crippen molar-refractivity contribution in [2.75, 3.05) is 0 Å².